The normalized spacial score (nSPS) is 16.4. The molecule has 0 bridgehead atoms. The molecule has 1 unspecified atom stereocenters. The molecule has 0 N–H and O–H groups in total. The molecule has 1 aliphatic heterocycles. The molecule has 1 heterocycles. The number of carbonyl (C=O) groups excluding carboxylic acids is 2. The van der Waals surface area contributed by atoms with Crippen molar-refractivity contribution in [2.45, 2.75) is 12.8 Å². The number of nitro benzene ring substituents is 1. The minimum absolute atomic E-state index is 0.0310. The van der Waals surface area contributed by atoms with Crippen LogP contribution in [-0.4, -0.2) is 34.8 Å². The van der Waals surface area contributed by atoms with E-state index in [1.54, 1.807) is 4.90 Å². The van der Waals surface area contributed by atoms with E-state index in [0.29, 0.717) is 13.0 Å². The zero-order valence-electron chi connectivity index (χ0n) is 14.3. The molecule has 140 valence electrons. The number of nitrogens with zero attached hydrogens (tertiary/aromatic N) is 2. The van der Waals surface area contributed by atoms with Gasteiger partial charge in [-0.1, -0.05) is 30.3 Å². The number of nitro groups is 1. The highest BCUT2D eigenvalue weighted by molar-refractivity contribution is 5.88. The molecule has 3 rings (SSSR count). The summed E-state index contributed by atoms with van der Waals surface area (Å²) in [4.78, 5) is 36.3. The first kappa shape index (κ1) is 18.5. The summed E-state index contributed by atoms with van der Waals surface area (Å²) in [6.07, 6.45) is 0.625. The van der Waals surface area contributed by atoms with E-state index in [9.17, 15) is 24.1 Å². The molecule has 0 aromatic heterocycles. The Bertz CT molecular complexity index is 872. The molecule has 0 radical (unpaired) electrons. The predicted octanol–water partition coefficient (Wildman–Crippen LogP) is 2.73. The second-order valence-electron chi connectivity index (χ2n) is 6.27. The summed E-state index contributed by atoms with van der Waals surface area (Å²) in [7, 11) is 0. The van der Waals surface area contributed by atoms with Gasteiger partial charge in [-0.2, -0.15) is 0 Å². The first-order valence-electron chi connectivity index (χ1n) is 8.41. The molecule has 2 aromatic rings. The van der Waals surface area contributed by atoms with Crippen molar-refractivity contribution in [2.75, 3.05) is 13.1 Å². The van der Waals surface area contributed by atoms with Crippen LogP contribution in [0.15, 0.2) is 48.5 Å². The van der Waals surface area contributed by atoms with Crippen LogP contribution in [0.2, 0.25) is 0 Å². The van der Waals surface area contributed by atoms with Crippen molar-refractivity contribution in [3.63, 3.8) is 0 Å². The Labute approximate surface area is 154 Å². The van der Waals surface area contributed by atoms with E-state index in [4.69, 9.17) is 4.74 Å². The molecule has 1 aliphatic rings. The summed E-state index contributed by atoms with van der Waals surface area (Å²) in [5.74, 6) is -2.91. The van der Waals surface area contributed by atoms with Crippen molar-refractivity contribution < 1.29 is 23.6 Å². The molecule has 27 heavy (non-hydrogen) atoms. The maximum Gasteiger partial charge on any atom is 0.316 e. The number of esters is 1. The first-order chi connectivity index (χ1) is 12.9. The van der Waals surface area contributed by atoms with E-state index in [1.165, 1.54) is 0 Å². The summed E-state index contributed by atoms with van der Waals surface area (Å²) >= 11 is 0. The Hall–Kier alpha value is -3.29. The van der Waals surface area contributed by atoms with Crippen LogP contribution >= 0.6 is 0 Å². The van der Waals surface area contributed by atoms with Crippen LogP contribution in [0.1, 0.15) is 12.0 Å². The van der Waals surface area contributed by atoms with Crippen molar-refractivity contribution in [1.29, 1.82) is 0 Å². The quantitative estimate of drug-likeness (QED) is 0.337. The lowest BCUT2D eigenvalue weighted by Gasteiger charge is -2.16. The molecule has 8 heteroatoms. The second-order valence-corrected chi connectivity index (χ2v) is 6.27. The lowest BCUT2D eigenvalue weighted by molar-refractivity contribution is -0.385. The van der Waals surface area contributed by atoms with Gasteiger partial charge in [-0.25, -0.2) is 4.39 Å². The van der Waals surface area contributed by atoms with Gasteiger partial charge in [0.05, 0.1) is 10.8 Å². The van der Waals surface area contributed by atoms with Crippen LogP contribution in [0.4, 0.5) is 10.1 Å². The average Bonchev–Trinajstić information content (AvgIpc) is 3.01. The maximum absolute atomic E-state index is 13.3. The molecule has 1 saturated heterocycles. The van der Waals surface area contributed by atoms with E-state index in [-0.39, 0.29) is 18.9 Å². The van der Waals surface area contributed by atoms with Crippen molar-refractivity contribution in [1.82, 2.24) is 4.90 Å². The van der Waals surface area contributed by atoms with Gasteiger partial charge in [-0.05, 0) is 18.1 Å². The molecule has 1 atom stereocenters. The van der Waals surface area contributed by atoms with Gasteiger partial charge in [0.1, 0.15) is 5.82 Å². The number of amides is 1. The highest BCUT2D eigenvalue weighted by atomic mass is 19.1. The Morgan fingerprint density at radius 2 is 2.00 bits per heavy atom. The fourth-order valence-corrected chi connectivity index (χ4v) is 2.97. The Morgan fingerprint density at radius 1 is 1.26 bits per heavy atom. The molecule has 7 nitrogen and oxygen atoms in total. The van der Waals surface area contributed by atoms with Crippen LogP contribution in [-0.2, 0) is 16.0 Å². The van der Waals surface area contributed by atoms with Crippen LogP contribution in [0.5, 0.6) is 5.75 Å². The van der Waals surface area contributed by atoms with Crippen molar-refractivity contribution in [2.24, 2.45) is 5.92 Å². The molecule has 2 aromatic carbocycles. The summed E-state index contributed by atoms with van der Waals surface area (Å²) in [6, 6.07) is 12.3. The molecule has 0 aliphatic carbocycles. The van der Waals surface area contributed by atoms with Gasteiger partial charge < -0.3 is 9.64 Å². The number of carbonyl (C=O) groups is 2. The second kappa shape index (κ2) is 7.94. The highest BCUT2D eigenvalue weighted by Crippen LogP contribution is 2.29. The van der Waals surface area contributed by atoms with Gasteiger partial charge in [0.15, 0.2) is 0 Å². The predicted molar refractivity (Wildman–Crippen MR) is 93.5 cm³/mol. The van der Waals surface area contributed by atoms with Crippen LogP contribution in [0, 0.1) is 21.8 Å². The van der Waals surface area contributed by atoms with E-state index in [2.05, 4.69) is 0 Å². The molecule has 1 amide bonds. The highest BCUT2D eigenvalue weighted by Gasteiger charge is 2.36. The van der Waals surface area contributed by atoms with Gasteiger partial charge in [-0.15, -0.1) is 0 Å². The zero-order chi connectivity index (χ0) is 19.4. The summed E-state index contributed by atoms with van der Waals surface area (Å²) in [5.41, 5.74) is 0.571. The van der Waals surface area contributed by atoms with Gasteiger partial charge in [0, 0.05) is 31.6 Å². The number of hydrogen-bond acceptors (Lipinski definition) is 5. The average molecular weight is 372 g/mol. The van der Waals surface area contributed by atoms with Crippen molar-refractivity contribution in [3.8, 4) is 5.75 Å². The number of benzene rings is 2. The van der Waals surface area contributed by atoms with Gasteiger partial charge in [0.25, 0.3) is 0 Å². The smallest absolute Gasteiger partial charge is 0.316 e. The van der Waals surface area contributed by atoms with Gasteiger partial charge in [0.2, 0.25) is 11.7 Å². The number of likely N-dealkylation sites (tertiary alicyclic amines) is 1. The minimum atomic E-state index is -0.778. The lowest BCUT2D eigenvalue weighted by atomic mass is 10.1. The molecule has 0 spiro atoms. The standard InChI is InChI=1S/C19H17FN2O5/c20-15-6-7-16(22(25)26)17(11-15)27-19(24)14-10-18(23)21(12-14)9-8-13-4-2-1-3-5-13/h1-7,11,14H,8-10,12H2. The monoisotopic (exact) mass is 372 g/mol. The van der Waals surface area contributed by atoms with Crippen LogP contribution in [0.3, 0.4) is 0 Å². The fourth-order valence-electron chi connectivity index (χ4n) is 2.97. The van der Waals surface area contributed by atoms with E-state index in [0.717, 1.165) is 23.8 Å². The summed E-state index contributed by atoms with van der Waals surface area (Å²) in [6.45, 7) is 0.639. The molecule has 0 saturated carbocycles. The number of rotatable bonds is 6. The fraction of sp³-hybridized carbons (Fsp3) is 0.263. The number of ether oxygens (including phenoxy) is 1. The van der Waals surface area contributed by atoms with Gasteiger partial charge >= 0.3 is 11.7 Å². The van der Waals surface area contributed by atoms with Crippen LogP contribution < -0.4 is 4.74 Å². The number of hydrogen-bond donors (Lipinski definition) is 0. The van der Waals surface area contributed by atoms with E-state index in [1.807, 2.05) is 30.3 Å². The Kier molecular flexibility index (Phi) is 5.44. The zero-order valence-corrected chi connectivity index (χ0v) is 14.3. The molecule has 1 fully saturated rings. The molecular formula is C19H17FN2O5. The SMILES string of the molecule is O=C(Oc1cc(F)ccc1[N+](=O)[O-])C1CC(=O)N(CCc2ccccc2)C1. The Balaban J connectivity index is 1.62. The summed E-state index contributed by atoms with van der Waals surface area (Å²) < 4.78 is 18.4. The van der Waals surface area contributed by atoms with Crippen molar-refractivity contribution >= 4 is 17.6 Å². The van der Waals surface area contributed by atoms with Gasteiger partial charge in [-0.3, -0.25) is 19.7 Å². The Morgan fingerprint density at radius 3 is 2.70 bits per heavy atom. The third kappa shape index (κ3) is 4.46. The first-order valence-corrected chi connectivity index (χ1v) is 8.41. The minimum Gasteiger partial charge on any atom is -0.419 e. The summed E-state index contributed by atoms with van der Waals surface area (Å²) in [5, 5.41) is 11.0. The largest absolute Gasteiger partial charge is 0.419 e. The topological polar surface area (TPSA) is 89.7 Å². The third-order valence-corrected chi connectivity index (χ3v) is 4.39. The lowest BCUT2D eigenvalue weighted by Crippen LogP contribution is -2.29. The third-order valence-electron chi connectivity index (χ3n) is 4.39. The molecular weight excluding hydrogens is 355 g/mol. The van der Waals surface area contributed by atoms with Crippen molar-refractivity contribution in [3.05, 3.63) is 70.0 Å². The maximum atomic E-state index is 13.3. The van der Waals surface area contributed by atoms with Crippen LogP contribution in [0.25, 0.3) is 0 Å². The van der Waals surface area contributed by atoms with E-state index < -0.39 is 34.1 Å². The van der Waals surface area contributed by atoms with E-state index >= 15 is 0 Å². The number of halogens is 1.